The summed E-state index contributed by atoms with van der Waals surface area (Å²) in [6.07, 6.45) is 3.67. The average Bonchev–Trinajstić information content (AvgIpc) is 2.78. The van der Waals surface area contributed by atoms with Crippen molar-refractivity contribution in [2.24, 2.45) is 11.7 Å². The van der Waals surface area contributed by atoms with Gasteiger partial charge in [-0.1, -0.05) is 12.1 Å². The van der Waals surface area contributed by atoms with Gasteiger partial charge < -0.3 is 11.1 Å². The molecular formula is C22H28BrFN4O3S2. The summed E-state index contributed by atoms with van der Waals surface area (Å²) in [5, 5.41) is 3.67. The third-order valence-corrected chi connectivity index (χ3v) is 8.99. The van der Waals surface area contributed by atoms with E-state index in [1.54, 1.807) is 18.2 Å². The van der Waals surface area contributed by atoms with Gasteiger partial charge in [0, 0.05) is 30.5 Å². The lowest BCUT2D eigenvalue weighted by Crippen LogP contribution is -2.41. The number of nitrogens with one attached hydrogen (secondary N) is 2. The summed E-state index contributed by atoms with van der Waals surface area (Å²) in [6, 6.07) is 7.13. The minimum absolute atomic E-state index is 0.0631. The van der Waals surface area contributed by atoms with Gasteiger partial charge in [-0.3, -0.25) is 4.79 Å². The third-order valence-electron chi connectivity index (χ3n) is 5.60. The van der Waals surface area contributed by atoms with Gasteiger partial charge in [-0.2, -0.15) is 0 Å². The van der Waals surface area contributed by atoms with Crippen LogP contribution in [0.5, 0.6) is 0 Å². The molecule has 2 aromatic rings. The number of nitrogens with zero attached hydrogens (tertiary/aromatic N) is 1. The Hall–Kier alpha value is -1.53. The molecule has 1 amide bonds. The first-order chi connectivity index (χ1) is 15.7. The number of nitrogens with two attached hydrogens (primary N) is 1. The minimum Gasteiger partial charge on any atom is -0.349 e. The van der Waals surface area contributed by atoms with Crippen LogP contribution >= 0.6 is 27.7 Å². The number of aromatic nitrogens is 1. The molecule has 1 heterocycles. The Bertz CT molecular complexity index is 1060. The highest BCUT2D eigenvalue weighted by Gasteiger charge is 2.30. The van der Waals surface area contributed by atoms with Crippen molar-refractivity contribution in [1.82, 2.24) is 15.0 Å². The summed E-state index contributed by atoms with van der Waals surface area (Å²) in [5.41, 5.74) is 6.34. The quantitative estimate of drug-likeness (QED) is 0.404. The van der Waals surface area contributed by atoms with Crippen LogP contribution in [-0.4, -0.2) is 37.6 Å². The number of carbonyl (C=O) groups excluding carboxylic acids is 1. The van der Waals surface area contributed by atoms with Crippen molar-refractivity contribution < 1.29 is 17.6 Å². The van der Waals surface area contributed by atoms with Crippen LogP contribution in [-0.2, 0) is 14.8 Å². The van der Waals surface area contributed by atoms with Crippen molar-refractivity contribution in [3.63, 3.8) is 0 Å². The highest BCUT2D eigenvalue weighted by atomic mass is 79.9. The highest BCUT2D eigenvalue weighted by Crippen LogP contribution is 2.29. The molecular weight excluding hydrogens is 531 g/mol. The van der Waals surface area contributed by atoms with Crippen LogP contribution in [0.3, 0.4) is 0 Å². The van der Waals surface area contributed by atoms with E-state index in [1.165, 1.54) is 30.1 Å². The van der Waals surface area contributed by atoms with Crippen molar-refractivity contribution in [2.45, 2.75) is 54.6 Å². The fourth-order valence-corrected chi connectivity index (χ4v) is 6.50. The Kier molecular flexibility index (Phi) is 9.28. The van der Waals surface area contributed by atoms with Crippen molar-refractivity contribution in [3.8, 4) is 0 Å². The summed E-state index contributed by atoms with van der Waals surface area (Å²) >= 11 is 4.83. The summed E-state index contributed by atoms with van der Waals surface area (Å²) in [7, 11) is -3.72. The number of hydrogen-bond donors (Lipinski definition) is 3. The molecule has 7 nitrogen and oxygen atoms in total. The fraction of sp³-hybridized carbons (Fsp3) is 0.455. The van der Waals surface area contributed by atoms with E-state index >= 15 is 0 Å². The zero-order chi connectivity index (χ0) is 24.0. The molecule has 0 spiro atoms. The number of rotatable bonds is 9. The predicted molar refractivity (Wildman–Crippen MR) is 131 cm³/mol. The number of pyridine rings is 1. The monoisotopic (exact) mass is 558 g/mol. The molecule has 1 fully saturated rings. The molecule has 180 valence electrons. The maximum atomic E-state index is 13.1. The third kappa shape index (κ3) is 7.22. The van der Waals surface area contributed by atoms with Gasteiger partial charge in [0.1, 0.15) is 15.7 Å². The van der Waals surface area contributed by atoms with E-state index in [0.717, 1.165) is 5.56 Å². The molecule has 1 atom stereocenters. The van der Waals surface area contributed by atoms with E-state index in [4.69, 9.17) is 5.73 Å². The maximum Gasteiger partial charge on any atom is 0.242 e. The van der Waals surface area contributed by atoms with Crippen molar-refractivity contribution in [2.75, 3.05) is 12.3 Å². The maximum absolute atomic E-state index is 13.1. The summed E-state index contributed by atoms with van der Waals surface area (Å²) in [5.74, 6) is 0.132. The summed E-state index contributed by atoms with van der Waals surface area (Å²) in [6.45, 7) is 2.36. The van der Waals surface area contributed by atoms with Crippen LogP contribution in [0.25, 0.3) is 0 Å². The summed E-state index contributed by atoms with van der Waals surface area (Å²) in [4.78, 5) is 17.0. The number of amides is 1. The lowest BCUT2D eigenvalue weighted by atomic mass is 9.85. The van der Waals surface area contributed by atoms with Gasteiger partial charge in [-0.05, 0) is 72.3 Å². The van der Waals surface area contributed by atoms with E-state index in [0.29, 0.717) is 47.5 Å². The van der Waals surface area contributed by atoms with Gasteiger partial charge in [0.2, 0.25) is 15.9 Å². The number of benzene rings is 1. The number of hydrogen-bond acceptors (Lipinski definition) is 6. The largest absolute Gasteiger partial charge is 0.349 e. The molecule has 1 aliphatic carbocycles. The first-order valence-electron chi connectivity index (χ1n) is 10.8. The summed E-state index contributed by atoms with van der Waals surface area (Å²) < 4.78 is 42.1. The Balaban J connectivity index is 1.52. The Morgan fingerprint density at radius 3 is 2.55 bits per heavy atom. The smallest absolute Gasteiger partial charge is 0.242 e. The van der Waals surface area contributed by atoms with Gasteiger partial charge in [-0.15, -0.1) is 11.8 Å². The molecule has 1 saturated carbocycles. The SMILES string of the molecule is CC(NC(=O)C1CCC(NS(=O)(=O)c2cnc(SCCN)c(Br)c2)CC1)c1ccc(F)cc1. The van der Waals surface area contributed by atoms with Gasteiger partial charge >= 0.3 is 0 Å². The van der Waals surface area contributed by atoms with E-state index in [9.17, 15) is 17.6 Å². The average molecular weight is 560 g/mol. The molecule has 3 rings (SSSR count). The molecule has 0 bridgehead atoms. The van der Waals surface area contributed by atoms with Gasteiger partial charge in [0.15, 0.2) is 0 Å². The molecule has 1 unspecified atom stereocenters. The number of thioether (sulfide) groups is 1. The number of sulfonamides is 1. The molecule has 1 aromatic heterocycles. The van der Waals surface area contributed by atoms with Gasteiger partial charge in [-0.25, -0.2) is 22.5 Å². The molecule has 0 aliphatic heterocycles. The molecule has 1 aliphatic rings. The molecule has 0 radical (unpaired) electrons. The first kappa shape index (κ1) is 26.1. The predicted octanol–water partition coefficient (Wildman–Crippen LogP) is 3.75. The van der Waals surface area contributed by atoms with Crippen molar-refractivity contribution in [1.29, 1.82) is 0 Å². The van der Waals surface area contributed by atoms with E-state index < -0.39 is 10.0 Å². The van der Waals surface area contributed by atoms with E-state index in [-0.39, 0.29) is 34.6 Å². The zero-order valence-electron chi connectivity index (χ0n) is 18.3. The topological polar surface area (TPSA) is 114 Å². The highest BCUT2D eigenvalue weighted by molar-refractivity contribution is 9.10. The zero-order valence-corrected chi connectivity index (χ0v) is 21.5. The first-order valence-corrected chi connectivity index (χ1v) is 14.0. The Morgan fingerprint density at radius 2 is 1.94 bits per heavy atom. The van der Waals surface area contributed by atoms with Crippen LogP contribution < -0.4 is 15.8 Å². The van der Waals surface area contributed by atoms with Crippen LogP contribution in [0.4, 0.5) is 4.39 Å². The van der Waals surface area contributed by atoms with Gasteiger partial charge in [0.25, 0.3) is 0 Å². The molecule has 1 aromatic carbocycles. The number of halogens is 2. The van der Waals surface area contributed by atoms with E-state index in [2.05, 4.69) is 31.0 Å². The van der Waals surface area contributed by atoms with Crippen LogP contribution in [0.2, 0.25) is 0 Å². The molecule has 11 heteroatoms. The van der Waals surface area contributed by atoms with Crippen molar-refractivity contribution in [3.05, 3.63) is 52.4 Å². The standard InChI is InChI=1S/C22H28BrFN4O3S2/c1-14(15-2-6-17(24)7-3-15)27-21(29)16-4-8-18(9-5-16)28-33(30,31)19-12-20(23)22(26-13-19)32-11-10-25/h2-3,6-7,12-14,16,18,28H,4-5,8-11,25H2,1H3,(H,27,29). The van der Waals surface area contributed by atoms with Crippen LogP contribution in [0.15, 0.2) is 50.9 Å². The second-order valence-corrected chi connectivity index (χ2v) is 11.7. The number of carbonyl (C=O) groups is 1. The fourth-order valence-electron chi connectivity index (χ4n) is 3.74. The normalized spacial score (nSPS) is 19.8. The lowest BCUT2D eigenvalue weighted by molar-refractivity contribution is -0.126. The molecule has 33 heavy (non-hydrogen) atoms. The minimum atomic E-state index is -3.72. The Morgan fingerprint density at radius 1 is 1.27 bits per heavy atom. The van der Waals surface area contributed by atoms with Crippen molar-refractivity contribution >= 4 is 43.6 Å². The molecule has 0 saturated heterocycles. The second-order valence-electron chi connectivity index (χ2n) is 8.05. The van der Waals surface area contributed by atoms with E-state index in [1.807, 2.05) is 6.92 Å². The van der Waals surface area contributed by atoms with Crippen LogP contribution in [0.1, 0.15) is 44.2 Å². The lowest BCUT2D eigenvalue weighted by Gasteiger charge is -2.29. The molecule has 4 N–H and O–H groups in total. The van der Waals surface area contributed by atoms with Gasteiger partial charge in [0.05, 0.1) is 10.5 Å². The van der Waals surface area contributed by atoms with Crippen LogP contribution in [0, 0.1) is 11.7 Å². The second kappa shape index (κ2) is 11.7. The Labute approximate surface area is 206 Å².